The number of aromatic hydroxyl groups is 5. The Morgan fingerprint density at radius 2 is 0.680 bits per heavy atom. The van der Waals surface area contributed by atoms with Crippen LogP contribution in [0, 0.1) is 11.1 Å². The van der Waals surface area contributed by atoms with Gasteiger partial charge in [0.15, 0.2) is 44.5 Å². The Hall–Kier alpha value is -11.7. The smallest absolute Gasteiger partial charge is 0.188 e. The summed E-state index contributed by atoms with van der Waals surface area (Å²) in [6, 6.07) is 82.8. The molecule has 648 valence electrons. The van der Waals surface area contributed by atoms with Crippen molar-refractivity contribution in [2.75, 3.05) is 41.7 Å². The highest BCUT2D eigenvalue weighted by Crippen LogP contribution is 2.35. The van der Waals surface area contributed by atoms with Crippen LogP contribution in [0.3, 0.4) is 0 Å². The molecule has 14 aromatic rings. The average molecular weight is 2000 g/mol. The van der Waals surface area contributed by atoms with Crippen molar-refractivity contribution in [3.8, 4) is 114 Å². The second-order valence-electron chi connectivity index (χ2n) is 23.5. The number of hydrogen-bond donors (Lipinski definition) is 5. The molecule has 0 saturated heterocycles. The monoisotopic (exact) mass is 1990 g/mol. The first-order valence-corrected chi connectivity index (χ1v) is 38.7. The zero-order valence-electron chi connectivity index (χ0n) is 63.3. The van der Waals surface area contributed by atoms with Crippen LogP contribution >= 0.6 is 67.8 Å². The molecule has 21 nitrogen and oxygen atoms in total. The van der Waals surface area contributed by atoms with E-state index >= 15 is 0 Å². The summed E-state index contributed by atoms with van der Waals surface area (Å²) in [5, 5.41) is 46.5. The molecule has 0 fully saturated rings. The topological polar surface area (TPSA) is 294 Å². The maximum atomic E-state index is 11.3. The summed E-state index contributed by atoms with van der Waals surface area (Å²) >= 11 is 6.28. The van der Waals surface area contributed by atoms with E-state index in [9.17, 15) is 24.9 Å². The molecule has 0 bridgehead atoms. The van der Waals surface area contributed by atoms with Gasteiger partial charge in [0, 0.05) is 90.4 Å². The normalized spacial score (nSPS) is 9.35. The van der Waals surface area contributed by atoms with Crippen LogP contribution < -0.4 is 14.2 Å². The van der Waals surface area contributed by atoms with Crippen LogP contribution in [0.25, 0.3) is 67.5 Å². The van der Waals surface area contributed by atoms with Crippen LogP contribution in [-0.4, -0.2) is 120 Å². The highest BCUT2D eigenvalue weighted by Gasteiger charge is 2.17. The number of halogens is 3. The van der Waals surface area contributed by atoms with E-state index in [4.69, 9.17) is 38.6 Å². The van der Waals surface area contributed by atoms with E-state index in [1.165, 1.54) is 13.3 Å². The van der Waals surface area contributed by atoms with Gasteiger partial charge in [0.2, 0.25) is 0 Å². The summed E-state index contributed by atoms with van der Waals surface area (Å²) in [5.41, 5.74) is 13.3. The maximum absolute atomic E-state index is 11.3. The molecule has 6 aromatic carbocycles. The lowest BCUT2D eigenvalue weighted by Gasteiger charge is -2.14. The van der Waals surface area contributed by atoms with Crippen LogP contribution in [0.5, 0.6) is 46.0 Å². The van der Waals surface area contributed by atoms with E-state index in [1.807, 2.05) is 243 Å². The largest absolute Gasteiger partial charge is 0.506 e. The average Bonchev–Trinajstić information content (AvgIpc) is 0.810. The van der Waals surface area contributed by atoms with E-state index in [-0.39, 0.29) is 114 Å². The molecule has 0 amide bonds. The molecule has 5 N–H and O–H groups in total. The molecule has 122 heavy (non-hydrogen) atoms. The zero-order chi connectivity index (χ0) is 81.7. The van der Waals surface area contributed by atoms with Crippen LogP contribution in [-0.2, 0) is 33.5 Å². The van der Waals surface area contributed by atoms with Crippen molar-refractivity contribution in [1.29, 1.82) is 0 Å². The van der Waals surface area contributed by atoms with Gasteiger partial charge in [0.05, 0.1) is 17.3 Å². The van der Waals surface area contributed by atoms with Gasteiger partial charge >= 0.3 is 0 Å². The minimum Gasteiger partial charge on any atom is -0.506 e. The second-order valence-corrected chi connectivity index (χ2v) is 26.7. The van der Waals surface area contributed by atoms with Gasteiger partial charge in [-0.1, -0.05) is 262 Å². The van der Waals surface area contributed by atoms with Gasteiger partial charge in [-0.15, -0.1) is 0 Å². The van der Waals surface area contributed by atoms with Crippen molar-refractivity contribution in [3.63, 3.8) is 0 Å². The minimum atomic E-state index is -0.0524. The van der Waals surface area contributed by atoms with E-state index in [1.54, 1.807) is 93.5 Å². The first-order valence-electron chi connectivity index (χ1n) is 35.5. The summed E-state index contributed by atoms with van der Waals surface area (Å²) in [5.74, 6) is 2.79. The number of carbonyl (C=O) groups is 2. The Kier molecular flexibility index (Phi) is 58.3. The third kappa shape index (κ3) is 37.1. The van der Waals surface area contributed by atoms with Crippen LogP contribution in [0.1, 0.15) is 118 Å². The molecule has 8 aromatic heterocycles. The molecular weight excluding hydrogens is 1880 g/mol. The number of aryl methyl sites for hydroxylation is 3. The maximum Gasteiger partial charge on any atom is 0.188 e. The lowest BCUT2D eigenvalue weighted by atomic mass is 10.1. The number of carbonyl (C=O) groups excluding carboxylic acids is 2. The van der Waals surface area contributed by atoms with Gasteiger partial charge in [-0.05, 0) is 172 Å². The van der Waals surface area contributed by atoms with Gasteiger partial charge in [0.25, 0.3) is 0 Å². The van der Waals surface area contributed by atoms with Gasteiger partial charge in [-0.3, -0.25) is 19.6 Å². The van der Waals surface area contributed by atoms with Crippen LogP contribution in [0.15, 0.2) is 292 Å². The quantitative estimate of drug-likeness (QED) is 0.0205. The fourth-order valence-corrected chi connectivity index (χ4v) is 11.2. The van der Waals surface area contributed by atoms with Gasteiger partial charge in [0.1, 0.15) is 79.8 Å². The highest BCUT2D eigenvalue weighted by molar-refractivity contribution is 14.1. The van der Waals surface area contributed by atoms with E-state index in [0.29, 0.717) is 44.1 Å². The summed E-state index contributed by atoms with van der Waals surface area (Å²) in [7, 11) is 4.75. The van der Waals surface area contributed by atoms with Crippen molar-refractivity contribution >= 4 is 80.3 Å². The third-order valence-corrected chi connectivity index (χ3v) is 17.5. The predicted octanol–water partition coefficient (Wildman–Crippen LogP) is 25.3. The molecule has 0 aliphatic carbocycles. The fraction of sp³-hybridized carbons (Fsp3) is 0.204. The Morgan fingerprint density at radius 1 is 0.328 bits per heavy atom. The highest BCUT2D eigenvalue weighted by atomic mass is 127. The molecule has 0 unspecified atom stereocenters. The molecule has 0 atom stereocenters. The second kappa shape index (κ2) is 63.3. The molecule has 14 rings (SSSR count). The first kappa shape index (κ1) is 112. The number of hydrogen-bond acceptors (Lipinski definition) is 21. The molecule has 0 aliphatic rings. The zero-order valence-corrected chi connectivity index (χ0v) is 69.8. The Morgan fingerprint density at radius 3 is 1.07 bits per heavy atom. The summed E-state index contributed by atoms with van der Waals surface area (Å²) in [6.07, 6.45) is 10.1. The van der Waals surface area contributed by atoms with Gasteiger partial charge < -0.3 is 54.0 Å². The third-order valence-electron chi connectivity index (χ3n) is 15.5. The van der Waals surface area contributed by atoms with Crippen molar-refractivity contribution in [2.45, 2.75) is 99.4 Å². The molecule has 0 saturated carbocycles. The van der Waals surface area contributed by atoms with Crippen molar-refractivity contribution in [3.05, 3.63) is 331 Å². The summed E-state index contributed by atoms with van der Waals surface area (Å²) < 4.78 is 33.8. The molecule has 0 spiro atoms. The van der Waals surface area contributed by atoms with Gasteiger partial charge in [-0.2, -0.15) is 0 Å². The first-order chi connectivity index (χ1) is 55.6. The number of rotatable bonds is 20. The Labute approximate surface area is 763 Å². The lowest BCUT2D eigenvalue weighted by Crippen LogP contribution is -2.06. The Bertz CT molecular complexity index is 5140. The number of aldehydes is 2. The Balaban J connectivity index is 0. The van der Waals surface area contributed by atoms with Gasteiger partial charge in [-0.25, -0.2) is 29.9 Å². The molecule has 24 heteroatoms. The SMILES string of the molecule is C.C.C.C.C.C.C.C.CCc1cc(C=O)c(O)c(-c2ccccc2)n1.CCc1cc(C=O)c(OCOC)c(-c2ccccc2)n1.CCc1ccc(OCOC)c(-c2ccccc2)n1.COCOc1ccc(I)nc1-c1ccccc1.Oc1ccc(I)nc1-c1ccccc1.Oc1cccnc1.Oc1cccnc1-c1ccccc1.Oc1cccnc1I. The number of pyridine rings is 8. The minimum absolute atomic E-state index is 0. The number of methoxy groups -OCH3 is 3. The molecule has 0 aliphatic heterocycles. The van der Waals surface area contributed by atoms with E-state index in [0.717, 1.165) is 106 Å². The predicted molar refractivity (Wildman–Crippen MR) is 523 cm³/mol. The number of benzene rings is 6. The molecule has 8 heterocycles. The standard InChI is InChI=1S/C16H17NO3.C15H17NO2.C14H13NO2.C13H12INO2.C11H8INO.C11H9NO.C5H4INO.C5H5NO.8CH4/c1-3-14-9-13(10-18)16(20-11-19-2)15(17-14)12-7-5-4-6-8-12;1-3-13-9-10-14(18-11-17-2)15(16-13)12-7-5-4-6-8-12;1-2-12-8-11(9-16)14(17)13(15-12)10-6-4-3-5-7-10;1-16-9-17-11-7-8-12(14)15-13(11)10-5-3-2-4-6-10;12-10-7-6-9(14)11(13-10)8-4-2-1-3-5-8;13-10-7-4-8-12-11(10)9-5-2-1-3-6-9;6-5-4(8)2-1-3-7-5;7-5-2-1-3-6-4-5;;;;;;;;/h4-10H,3,11H2,1-2H3;4-10H,3,11H2,1-2H3;3-9,17H,2H2,1H3;2-8H,9H2,1H3;1-7,14H;1-8,13H;1-3,8H;1-4,7H;8*1H4. The van der Waals surface area contributed by atoms with Crippen LogP contribution in [0.2, 0.25) is 0 Å². The van der Waals surface area contributed by atoms with Crippen molar-refractivity contribution in [1.82, 2.24) is 39.9 Å². The summed E-state index contributed by atoms with van der Waals surface area (Å²) in [4.78, 5) is 56.1. The van der Waals surface area contributed by atoms with Crippen molar-refractivity contribution in [2.24, 2.45) is 0 Å². The molecular formula is C98H117I3N8O13. The molecule has 0 radical (unpaired) electrons. The number of nitrogens with zero attached hydrogens (tertiary/aromatic N) is 8. The number of ether oxygens (including phenoxy) is 6. The van der Waals surface area contributed by atoms with E-state index in [2.05, 4.69) is 92.0 Å². The fourth-order valence-electron chi connectivity index (χ4n) is 9.99. The number of aromatic nitrogens is 8. The van der Waals surface area contributed by atoms with Crippen LogP contribution in [0.4, 0.5) is 0 Å². The lowest BCUT2D eigenvalue weighted by molar-refractivity contribution is 0.0506. The summed E-state index contributed by atoms with van der Waals surface area (Å²) in [6.45, 7) is 6.58. The van der Waals surface area contributed by atoms with Crippen molar-refractivity contribution < 1.29 is 63.5 Å². The van der Waals surface area contributed by atoms with E-state index < -0.39 is 0 Å².